The topological polar surface area (TPSA) is 132 Å². The summed E-state index contributed by atoms with van der Waals surface area (Å²) in [5.41, 5.74) is 5.49. The molecule has 1 aliphatic heterocycles. The van der Waals surface area contributed by atoms with E-state index in [1.54, 1.807) is 36.4 Å². The summed E-state index contributed by atoms with van der Waals surface area (Å²) in [6.07, 6.45) is 0.534. The number of anilines is 1. The van der Waals surface area contributed by atoms with Crippen LogP contribution in [0.25, 0.3) is 0 Å². The number of esters is 1. The number of nitrogens with two attached hydrogens (primary N) is 1. The van der Waals surface area contributed by atoms with E-state index in [9.17, 15) is 19.2 Å². The number of carbonyl (C=O) groups is 4. The Morgan fingerprint density at radius 2 is 1.78 bits per heavy atom. The summed E-state index contributed by atoms with van der Waals surface area (Å²) < 4.78 is 16.1. The number of amides is 4. The van der Waals surface area contributed by atoms with Gasteiger partial charge in [0.15, 0.2) is 0 Å². The second kappa shape index (κ2) is 10.5. The minimum absolute atomic E-state index is 0.0689. The first-order valence-corrected chi connectivity index (χ1v) is 10.2. The molecule has 170 valence electrons. The second-order valence-corrected chi connectivity index (χ2v) is 7.14. The molecule has 0 unspecified atom stereocenters. The van der Waals surface area contributed by atoms with Crippen LogP contribution in [0.1, 0.15) is 37.7 Å². The third-order valence-corrected chi connectivity index (χ3v) is 4.69. The number of carbonyl (C=O) groups excluding carboxylic acids is 4. The van der Waals surface area contributed by atoms with Crippen molar-refractivity contribution in [3.63, 3.8) is 0 Å². The zero-order valence-electron chi connectivity index (χ0n) is 17.7. The number of imide groups is 1. The third kappa shape index (κ3) is 5.87. The van der Waals surface area contributed by atoms with Crippen LogP contribution >= 0.6 is 0 Å². The number of rotatable bonds is 11. The van der Waals surface area contributed by atoms with Crippen LogP contribution in [0, 0.1) is 0 Å². The van der Waals surface area contributed by atoms with E-state index in [1.165, 1.54) is 4.90 Å². The van der Waals surface area contributed by atoms with Crippen molar-refractivity contribution in [1.29, 1.82) is 0 Å². The summed E-state index contributed by atoms with van der Waals surface area (Å²) >= 11 is 0. The highest BCUT2D eigenvalue weighted by Gasteiger charge is 2.37. The van der Waals surface area contributed by atoms with Gasteiger partial charge in [-0.2, -0.15) is 0 Å². The molecule has 0 bridgehead atoms. The van der Waals surface area contributed by atoms with E-state index >= 15 is 0 Å². The summed E-state index contributed by atoms with van der Waals surface area (Å²) in [5, 5.41) is 0. The highest BCUT2D eigenvalue weighted by molar-refractivity contribution is 6.19. The van der Waals surface area contributed by atoms with Gasteiger partial charge in [0.1, 0.15) is 30.4 Å². The molecule has 2 heterocycles. The Bertz CT molecular complexity index is 984. The van der Waals surface area contributed by atoms with Gasteiger partial charge in [-0.05, 0) is 49.7 Å². The van der Waals surface area contributed by atoms with Gasteiger partial charge in [0.05, 0.1) is 18.8 Å². The van der Waals surface area contributed by atoms with Crippen LogP contribution in [-0.4, -0.2) is 41.9 Å². The van der Waals surface area contributed by atoms with Crippen LogP contribution in [0.2, 0.25) is 0 Å². The zero-order chi connectivity index (χ0) is 23.1. The first kappa shape index (κ1) is 22.9. The van der Waals surface area contributed by atoms with Crippen molar-refractivity contribution in [3.8, 4) is 5.75 Å². The molecule has 10 heteroatoms. The molecule has 1 aromatic carbocycles. The predicted octanol–water partition coefficient (Wildman–Crippen LogP) is 2.35. The summed E-state index contributed by atoms with van der Waals surface area (Å²) in [6, 6.07) is 9.58. The normalized spacial score (nSPS) is 13.5. The van der Waals surface area contributed by atoms with Crippen molar-refractivity contribution < 1.29 is 33.1 Å². The van der Waals surface area contributed by atoms with Gasteiger partial charge in [-0.3, -0.25) is 14.4 Å². The number of hydrogen-bond donors (Lipinski definition) is 1. The average Bonchev–Trinajstić information content (AvgIpc) is 3.31. The van der Waals surface area contributed by atoms with Crippen molar-refractivity contribution >= 4 is 29.5 Å². The number of primary amides is 1. The van der Waals surface area contributed by atoms with Crippen molar-refractivity contribution in [2.24, 2.45) is 5.73 Å². The Morgan fingerprint density at radius 3 is 2.47 bits per heavy atom. The third-order valence-electron chi connectivity index (χ3n) is 4.69. The van der Waals surface area contributed by atoms with Crippen LogP contribution in [0.3, 0.4) is 0 Å². The van der Waals surface area contributed by atoms with Crippen LogP contribution in [0.4, 0.5) is 10.5 Å². The number of benzene rings is 1. The maximum Gasteiger partial charge on any atom is 0.332 e. The quantitative estimate of drug-likeness (QED) is 0.416. The number of nitrogens with zero attached hydrogens (tertiary/aromatic N) is 2. The number of furan rings is 1. The standard InChI is InChI=1S/C22H25N3O7/c1-2-30-16-8-6-15(7-9-16)25-20(27)13-24(22(25)29)12-17-10-11-18(32-17)14-31-21(28)5-3-4-19(23)26/h6-11H,2-5,12-14H2,1H3,(H2,23,26). The average molecular weight is 443 g/mol. The van der Waals surface area contributed by atoms with Crippen LogP contribution < -0.4 is 15.4 Å². The van der Waals surface area contributed by atoms with Gasteiger partial charge < -0.3 is 24.5 Å². The van der Waals surface area contributed by atoms with E-state index < -0.39 is 17.9 Å². The van der Waals surface area contributed by atoms with Crippen molar-refractivity contribution in [1.82, 2.24) is 4.90 Å². The van der Waals surface area contributed by atoms with E-state index in [2.05, 4.69) is 0 Å². The summed E-state index contributed by atoms with van der Waals surface area (Å²) in [7, 11) is 0. The van der Waals surface area contributed by atoms with Gasteiger partial charge in [-0.1, -0.05) is 0 Å². The summed E-state index contributed by atoms with van der Waals surface area (Å²) in [4.78, 5) is 50.0. The Balaban J connectivity index is 1.53. The molecule has 0 aliphatic carbocycles. The van der Waals surface area contributed by atoms with E-state index in [4.69, 9.17) is 19.6 Å². The molecule has 1 fully saturated rings. The van der Waals surface area contributed by atoms with Gasteiger partial charge in [0.2, 0.25) is 5.91 Å². The molecule has 4 amide bonds. The van der Waals surface area contributed by atoms with Crippen molar-refractivity contribution in [3.05, 3.63) is 47.9 Å². The molecular formula is C22H25N3O7. The van der Waals surface area contributed by atoms with Crippen LogP contribution in [-0.2, 0) is 32.3 Å². The minimum atomic E-state index is -0.468. The highest BCUT2D eigenvalue weighted by Crippen LogP contribution is 2.25. The predicted molar refractivity (Wildman–Crippen MR) is 112 cm³/mol. The van der Waals surface area contributed by atoms with Crippen molar-refractivity contribution in [2.75, 3.05) is 18.1 Å². The Morgan fingerprint density at radius 1 is 1.06 bits per heavy atom. The van der Waals surface area contributed by atoms with Crippen LogP contribution in [0.5, 0.6) is 5.75 Å². The number of hydrogen-bond acceptors (Lipinski definition) is 7. The maximum atomic E-state index is 12.8. The molecule has 1 aliphatic rings. The molecule has 0 saturated carbocycles. The molecule has 1 aromatic heterocycles. The molecule has 2 aromatic rings. The molecule has 32 heavy (non-hydrogen) atoms. The summed E-state index contributed by atoms with van der Waals surface area (Å²) in [5.74, 6) is 0.254. The first-order chi connectivity index (χ1) is 15.4. The molecule has 0 atom stereocenters. The second-order valence-electron chi connectivity index (χ2n) is 7.14. The lowest BCUT2D eigenvalue weighted by Gasteiger charge is -2.16. The fourth-order valence-electron chi connectivity index (χ4n) is 3.19. The lowest BCUT2D eigenvalue weighted by atomic mass is 10.2. The van der Waals surface area contributed by atoms with Gasteiger partial charge in [-0.15, -0.1) is 0 Å². The van der Waals surface area contributed by atoms with Gasteiger partial charge in [0.25, 0.3) is 5.91 Å². The zero-order valence-corrected chi connectivity index (χ0v) is 17.7. The van der Waals surface area contributed by atoms with E-state index in [1.807, 2.05) is 6.92 Å². The molecular weight excluding hydrogens is 418 g/mol. The first-order valence-electron chi connectivity index (χ1n) is 10.2. The monoisotopic (exact) mass is 443 g/mol. The molecule has 1 saturated heterocycles. The van der Waals surface area contributed by atoms with Crippen LogP contribution in [0.15, 0.2) is 40.8 Å². The Labute approximate surface area is 184 Å². The fourth-order valence-corrected chi connectivity index (χ4v) is 3.19. The Hall–Kier alpha value is -3.82. The number of ether oxygens (including phenoxy) is 2. The smallest absolute Gasteiger partial charge is 0.332 e. The molecule has 3 rings (SSSR count). The lowest BCUT2D eigenvalue weighted by Crippen LogP contribution is -2.32. The van der Waals surface area contributed by atoms with E-state index in [0.29, 0.717) is 36.0 Å². The molecule has 10 nitrogen and oxygen atoms in total. The molecule has 0 spiro atoms. The van der Waals surface area contributed by atoms with Gasteiger partial charge in [-0.25, -0.2) is 9.69 Å². The molecule has 0 radical (unpaired) electrons. The van der Waals surface area contributed by atoms with E-state index in [0.717, 1.165) is 4.90 Å². The SMILES string of the molecule is CCOc1ccc(N2C(=O)CN(Cc3ccc(COC(=O)CCCC(N)=O)o3)C2=O)cc1. The van der Waals surface area contributed by atoms with Crippen molar-refractivity contribution in [2.45, 2.75) is 39.3 Å². The van der Waals surface area contributed by atoms with Gasteiger partial charge >= 0.3 is 12.0 Å². The minimum Gasteiger partial charge on any atom is -0.494 e. The van der Waals surface area contributed by atoms with E-state index in [-0.39, 0.29) is 38.4 Å². The highest BCUT2D eigenvalue weighted by atomic mass is 16.5. The van der Waals surface area contributed by atoms with Gasteiger partial charge in [0, 0.05) is 12.8 Å². The fraction of sp³-hybridized carbons (Fsp3) is 0.364. The number of urea groups is 1. The Kier molecular flexibility index (Phi) is 7.48. The maximum absolute atomic E-state index is 12.8. The molecule has 2 N–H and O–H groups in total. The summed E-state index contributed by atoms with van der Waals surface area (Å²) in [6.45, 7) is 2.35. The lowest BCUT2D eigenvalue weighted by molar-refractivity contribution is -0.145. The largest absolute Gasteiger partial charge is 0.494 e.